The standard InChI is InChI=1S/C17H19ClN2O3S2/c1-10-6-12(18)7-14-16(10)19-17(25-14)20(8-13-4-3-5-23-13)15(22)9-24-11(2)21/h6-7,13H,3-5,8-9H2,1-2H3. The third kappa shape index (κ3) is 4.53. The monoisotopic (exact) mass is 398 g/mol. The van der Waals surface area contributed by atoms with Crippen LogP contribution in [0.2, 0.25) is 5.02 Å². The molecule has 0 bridgehead atoms. The Hall–Kier alpha value is -1.15. The lowest BCUT2D eigenvalue weighted by Gasteiger charge is -2.22. The predicted molar refractivity (Wildman–Crippen MR) is 104 cm³/mol. The Bertz CT molecular complexity index is 803. The molecule has 1 amide bonds. The molecule has 1 aliphatic heterocycles. The van der Waals surface area contributed by atoms with Gasteiger partial charge in [-0.3, -0.25) is 14.5 Å². The van der Waals surface area contributed by atoms with E-state index in [0.29, 0.717) is 16.7 Å². The molecule has 2 aromatic rings. The molecule has 134 valence electrons. The molecule has 0 N–H and O–H groups in total. The van der Waals surface area contributed by atoms with Crippen LogP contribution in [0.15, 0.2) is 12.1 Å². The summed E-state index contributed by atoms with van der Waals surface area (Å²) in [4.78, 5) is 30.2. The number of aromatic nitrogens is 1. The molecule has 25 heavy (non-hydrogen) atoms. The van der Waals surface area contributed by atoms with E-state index in [9.17, 15) is 9.59 Å². The summed E-state index contributed by atoms with van der Waals surface area (Å²) in [7, 11) is 0. The Morgan fingerprint density at radius 2 is 2.28 bits per heavy atom. The van der Waals surface area contributed by atoms with Crippen molar-refractivity contribution in [2.45, 2.75) is 32.8 Å². The van der Waals surface area contributed by atoms with Crippen LogP contribution < -0.4 is 4.90 Å². The number of thiazole rings is 1. The third-order valence-corrected chi connectivity index (χ3v) is 6.02. The minimum atomic E-state index is -0.126. The van der Waals surface area contributed by atoms with E-state index in [0.717, 1.165) is 47.0 Å². The highest BCUT2D eigenvalue weighted by Gasteiger charge is 2.26. The minimum absolute atomic E-state index is 0.0166. The smallest absolute Gasteiger partial charge is 0.239 e. The number of nitrogens with zero attached hydrogens (tertiary/aromatic N) is 2. The first-order valence-corrected chi connectivity index (χ1v) is 10.2. The van der Waals surface area contributed by atoms with Crippen molar-refractivity contribution in [2.24, 2.45) is 0 Å². The van der Waals surface area contributed by atoms with Gasteiger partial charge in [0.25, 0.3) is 0 Å². The number of thioether (sulfide) groups is 1. The molecular formula is C17H19ClN2O3S2. The van der Waals surface area contributed by atoms with Crippen molar-refractivity contribution < 1.29 is 14.3 Å². The maximum Gasteiger partial charge on any atom is 0.239 e. The van der Waals surface area contributed by atoms with Crippen LogP contribution in [-0.4, -0.2) is 41.0 Å². The molecule has 3 rings (SSSR count). The van der Waals surface area contributed by atoms with Gasteiger partial charge in [-0.2, -0.15) is 0 Å². The van der Waals surface area contributed by atoms with Crippen LogP contribution >= 0.6 is 34.7 Å². The van der Waals surface area contributed by atoms with Gasteiger partial charge in [0.15, 0.2) is 10.2 Å². The lowest BCUT2D eigenvalue weighted by atomic mass is 10.2. The number of amides is 1. The topological polar surface area (TPSA) is 59.5 Å². The number of halogens is 1. The number of aryl methyl sites for hydroxylation is 1. The van der Waals surface area contributed by atoms with Gasteiger partial charge in [0, 0.05) is 18.6 Å². The highest BCUT2D eigenvalue weighted by molar-refractivity contribution is 8.14. The molecule has 5 nitrogen and oxygen atoms in total. The Labute approximate surface area is 159 Å². The van der Waals surface area contributed by atoms with Crippen molar-refractivity contribution in [1.29, 1.82) is 0 Å². The summed E-state index contributed by atoms with van der Waals surface area (Å²) in [6.07, 6.45) is 1.95. The highest BCUT2D eigenvalue weighted by Crippen LogP contribution is 2.34. The number of rotatable bonds is 5. The summed E-state index contributed by atoms with van der Waals surface area (Å²) in [6.45, 7) is 4.61. The summed E-state index contributed by atoms with van der Waals surface area (Å²) < 4.78 is 6.63. The minimum Gasteiger partial charge on any atom is -0.376 e. The van der Waals surface area contributed by atoms with Gasteiger partial charge in [0.1, 0.15) is 0 Å². The highest BCUT2D eigenvalue weighted by atomic mass is 35.5. The Morgan fingerprint density at radius 1 is 1.48 bits per heavy atom. The maximum atomic E-state index is 12.7. The fourth-order valence-corrected chi connectivity index (χ4v) is 4.71. The Morgan fingerprint density at radius 3 is 2.96 bits per heavy atom. The van der Waals surface area contributed by atoms with Gasteiger partial charge >= 0.3 is 0 Å². The lowest BCUT2D eigenvalue weighted by molar-refractivity contribution is -0.117. The van der Waals surface area contributed by atoms with Crippen molar-refractivity contribution in [1.82, 2.24) is 4.98 Å². The second-order valence-corrected chi connectivity index (χ2v) is 8.58. The second kappa shape index (κ2) is 8.03. The first-order chi connectivity index (χ1) is 11.9. The zero-order chi connectivity index (χ0) is 18.0. The number of hydrogen-bond donors (Lipinski definition) is 0. The van der Waals surface area contributed by atoms with E-state index < -0.39 is 0 Å². The predicted octanol–water partition coefficient (Wildman–Crippen LogP) is 4.05. The summed E-state index contributed by atoms with van der Waals surface area (Å²) in [6, 6.07) is 3.73. The number of anilines is 1. The van der Waals surface area contributed by atoms with Crippen LogP contribution in [0.3, 0.4) is 0 Å². The zero-order valence-corrected chi connectivity index (χ0v) is 16.5. The fraction of sp³-hybridized carbons (Fsp3) is 0.471. The van der Waals surface area contributed by atoms with Crippen LogP contribution in [0.5, 0.6) is 0 Å². The first kappa shape index (κ1) is 18.6. The molecule has 1 fully saturated rings. The quantitative estimate of drug-likeness (QED) is 0.760. The van der Waals surface area contributed by atoms with Crippen LogP contribution in [-0.2, 0) is 14.3 Å². The number of ether oxygens (including phenoxy) is 1. The Kier molecular flexibility index (Phi) is 5.99. The molecule has 1 atom stereocenters. The van der Waals surface area contributed by atoms with Crippen LogP contribution in [0, 0.1) is 6.92 Å². The van der Waals surface area contributed by atoms with Gasteiger partial charge in [0.2, 0.25) is 5.91 Å². The van der Waals surface area contributed by atoms with E-state index in [4.69, 9.17) is 16.3 Å². The first-order valence-electron chi connectivity index (χ1n) is 8.06. The number of carbonyl (C=O) groups excluding carboxylic acids is 2. The molecule has 1 aromatic heterocycles. The van der Waals surface area contributed by atoms with E-state index in [1.807, 2.05) is 19.1 Å². The molecule has 2 heterocycles. The van der Waals surface area contributed by atoms with E-state index in [2.05, 4.69) is 4.98 Å². The summed E-state index contributed by atoms with van der Waals surface area (Å²) in [5.74, 6) is -0.0175. The fourth-order valence-electron chi connectivity index (χ4n) is 2.78. The molecule has 1 aliphatic rings. The molecule has 8 heteroatoms. The van der Waals surface area contributed by atoms with Crippen molar-refractivity contribution in [3.05, 3.63) is 22.7 Å². The molecule has 1 aromatic carbocycles. The van der Waals surface area contributed by atoms with Crippen molar-refractivity contribution in [3.63, 3.8) is 0 Å². The number of carbonyl (C=O) groups is 2. The molecule has 1 unspecified atom stereocenters. The van der Waals surface area contributed by atoms with Crippen LogP contribution in [0.25, 0.3) is 10.2 Å². The number of benzene rings is 1. The van der Waals surface area contributed by atoms with Gasteiger partial charge in [-0.1, -0.05) is 34.7 Å². The lowest BCUT2D eigenvalue weighted by Crippen LogP contribution is -2.38. The zero-order valence-electron chi connectivity index (χ0n) is 14.1. The summed E-state index contributed by atoms with van der Waals surface area (Å²) in [5, 5.41) is 1.21. The van der Waals surface area contributed by atoms with E-state index >= 15 is 0 Å². The maximum absolute atomic E-state index is 12.7. The SMILES string of the molecule is CC(=O)SCC(=O)N(CC1CCCO1)c1nc2c(C)cc(Cl)cc2s1. The van der Waals surface area contributed by atoms with E-state index in [-0.39, 0.29) is 22.9 Å². The molecule has 0 saturated carbocycles. The van der Waals surface area contributed by atoms with Gasteiger partial charge in [0.05, 0.1) is 28.6 Å². The molecular weight excluding hydrogens is 380 g/mol. The van der Waals surface area contributed by atoms with Gasteiger partial charge < -0.3 is 4.74 Å². The van der Waals surface area contributed by atoms with Crippen molar-refractivity contribution >= 4 is 61.1 Å². The molecule has 0 aliphatic carbocycles. The van der Waals surface area contributed by atoms with Gasteiger partial charge in [-0.05, 0) is 37.5 Å². The van der Waals surface area contributed by atoms with E-state index in [1.54, 1.807) is 4.90 Å². The molecule has 1 saturated heterocycles. The van der Waals surface area contributed by atoms with Crippen molar-refractivity contribution in [2.75, 3.05) is 23.8 Å². The number of fused-ring (bicyclic) bond motifs is 1. The number of hydrogen-bond acceptors (Lipinski definition) is 6. The van der Waals surface area contributed by atoms with Gasteiger partial charge in [-0.25, -0.2) is 4.98 Å². The Balaban J connectivity index is 1.90. The third-order valence-electron chi connectivity index (χ3n) is 3.98. The largest absolute Gasteiger partial charge is 0.376 e. The average Bonchev–Trinajstić information content (AvgIpc) is 3.19. The van der Waals surface area contributed by atoms with Crippen LogP contribution in [0.4, 0.5) is 5.13 Å². The van der Waals surface area contributed by atoms with Crippen LogP contribution in [0.1, 0.15) is 25.3 Å². The average molecular weight is 399 g/mol. The molecule has 0 radical (unpaired) electrons. The van der Waals surface area contributed by atoms with E-state index in [1.165, 1.54) is 18.3 Å². The summed E-state index contributed by atoms with van der Waals surface area (Å²) in [5.41, 5.74) is 1.83. The molecule has 0 spiro atoms. The summed E-state index contributed by atoms with van der Waals surface area (Å²) >= 11 is 8.59. The second-order valence-electron chi connectivity index (χ2n) is 5.99. The normalized spacial score (nSPS) is 17.2. The van der Waals surface area contributed by atoms with Crippen molar-refractivity contribution in [3.8, 4) is 0 Å². The van der Waals surface area contributed by atoms with Gasteiger partial charge in [-0.15, -0.1) is 0 Å².